The van der Waals surface area contributed by atoms with E-state index in [1.54, 1.807) is 30.9 Å². The summed E-state index contributed by atoms with van der Waals surface area (Å²) in [7, 11) is 0. The Morgan fingerprint density at radius 1 is 1.27 bits per heavy atom. The Morgan fingerprint density at radius 2 is 2.05 bits per heavy atom. The molecule has 1 amide bonds. The van der Waals surface area contributed by atoms with E-state index in [1.165, 1.54) is 12.1 Å². The van der Waals surface area contributed by atoms with Crippen molar-refractivity contribution in [2.24, 2.45) is 0 Å². The number of amides is 1. The van der Waals surface area contributed by atoms with Gasteiger partial charge in [0.15, 0.2) is 0 Å². The van der Waals surface area contributed by atoms with Crippen LogP contribution in [0.4, 0.5) is 0 Å². The Labute approximate surface area is 127 Å². The van der Waals surface area contributed by atoms with Crippen LogP contribution in [0.3, 0.4) is 0 Å². The van der Waals surface area contributed by atoms with Gasteiger partial charge in [-0.3, -0.25) is 4.79 Å². The molecule has 1 aromatic heterocycles. The van der Waals surface area contributed by atoms with Crippen LogP contribution in [0.5, 0.6) is 5.75 Å². The number of hydrogen-bond acceptors (Lipinski definition) is 4. The molecule has 0 saturated carbocycles. The van der Waals surface area contributed by atoms with Gasteiger partial charge in [-0.05, 0) is 24.3 Å². The minimum absolute atomic E-state index is 0.0569. The fraction of sp³-hybridized carbons (Fsp3) is 0.267. The van der Waals surface area contributed by atoms with Crippen LogP contribution >= 0.6 is 0 Å². The molecule has 0 aliphatic carbocycles. The van der Waals surface area contributed by atoms with E-state index < -0.39 is 5.97 Å². The van der Waals surface area contributed by atoms with Crippen molar-refractivity contribution in [3.63, 3.8) is 0 Å². The molecule has 2 N–H and O–H groups in total. The maximum atomic E-state index is 11.6. The van der Waals surface area contributed by atoms with Gasteiger partial charge >= 0.3 is 5.97 Å². The van der Waals surface area contributed by atoms with Crippen LogP contribution in [0.2, 0.25) is 0 Å². The van der Waals surface area contributed by atoms with Crippen molar-refractivity contribution in [1.29, 1.82) is 0 Å². The quantitative estimate of drug-likeness (QED) is 0.714. The average molecular weight is 303 g/mol. The lowest BCUT2D eigenvalue weighted by molar-refractivity contribution is -0.121. The molecule has 0 aliphatic heterocycles. The van der Waals surface area contributed by atoms with Crippen LogP contribution in [-0.4, -0.2) is 39.7 Å². The highest BCUT2D eigenvalue weighted by Crippen LogP contribution is 2.11. The van der Waals surface area contributed by atoms with Gasteiger partial charge in [0.1, 0.15) is 12.4 Å². The van der Waals surface area contributed by atoms with Gasteiger partial charge in [-0.1, -0.05) is 0 Å². The van der Waals surface area contributed by atoms with E-state index in [0.29, 0.717) is 31.9 Å². The molecule has 0 unspecified atom stereocenters. The van der Waals surface area contributed by atoms with Gasteiger partial charge in [0.05, 0.1) is 18.4 Å². The number of nitrogens with zero attached hydrogens (tertiary/aromatic N) is 2. The minimum Gasteiger partial charge on any atom is -0.492 e. The maximum absolute atomic E-state index is 11.6. The maximum Gasteiger partial charge on any atom is 0.335 e. The molecule has 0 bridgehead atoms. The molecular weight excluding hydrogens is 286 g/mol. The van der Waals surface area contributed by atoms with Crippen molar-refractivity contribution in [1.82, 2.24) is 14.9 Å². The Bertz CT molecular complexity index is 608. The monoisotopic (exact) mass is 303 g/mol. The Hall–Kier alpha value is -2.83. The van der Waals surface area contributed by atoms with E-state index in [4.69, 9.17) is 9.84 Å². The molecule has 0 fully saturated rings. The zero-order valence-electron chi connectivity index (χ0n) is 11.9. The number of benzene rings is 1. The van der Waals surface area contributed by atoms with Gasteiger partial charge in [-0.15, -0.1) is 0 Å². The Balaban J connectivity index is 1.62. The number of ether oxygens (including phenoxy) is 1. The first-order valence-corrected chi connectivity index (χ1v) is 6.84. The molecule has 0 radical (unpaired) electrons. The van der Waals surface area contributed by atoms with E-state index in [2.05, 4.69) is 10.3 Å². The number of imidazole rings is 1. The van der Waals surface area contributed by atoms with Crippen molar-refractivity contribution in [3.05, 3.63) is 48.5 Å². The fourth-order valence-corrected chi connectivity index (χ4v) is 1.79. The molecule has 2 aromatic rings. The zero-order chi connectivity index (χ0) is 15.8. The van der Waals surface area contributed by atoms with Crippen molar-refractivity contribution >= 4 is 11.9 Å². The molecule has 0 saturated heterocycles. The fourth-order valence-electron chi connectivity index (χ4n) is 1.79. The van der Waals surface area contributed by atoms with E-state index in [1.807, 2.05) is 4.57 Å². The number of aromatic carboxylic acids is 1. The molecular formula is C15H17N3O4. The second kappa shape index (κ2) is 7.82. The van der Waals surface area contributed by atoms with Crippen LogP contribution < -0.4 is 10.1 Å². The number of rotatable bonds is 8. The van der Waals surface area contributed by atoms with Crippen LogP contribution in [0.15, 0.2) is 43.0 Å². The number of aromatic nitrogens is 2. The summed E-state index contributed by atoms with van der Waals surface area (Å²) in [6.45, 7) is 1.30. The van der Waals surface area contributed by atoms with Gasteiger partial charge in [-0.2, -0.15) is 0 Å². The summed E-state index contributed by atoms with van der Waals surface area (Å²) < 4.78 is 7.25. The Morgan fingerprint density at radius 3 is 2.68 bits per heavy atom. The lowest BCUT2D eigenvalue weighted by atomic mass is 10.2. The van der Waals surface area contributed by atoms with E-state index in [0.717, 1.165) is 0 Å². The highest BCUT2D eigenvalue weighted by Gasteiger charge is 2.03. The predicted molar refractivity (Wildman–Crippen MR) is 78.8 cm³/mol. The largest absolute Gasteiger partial charge is 0.492 e. The van der Waals surface area contributed by atoms with Crippen molar-refractivity contribution in [2.75, 3.05) is 13.2 Å². The number of carbonyl (C=O) groups is 2. The summed E-state index contributed by atoms with van der Waals surface area (Å²) in [5, 5.41) is 11.5. The molecule has 0 atom stereocenters. The molecule has 7 nitrogen and oxygen atoms in total. The predicted octanol–water partition coefficient (Wildman–Crippen LogP) is 1.17. The standard InChI is InChI=1S/C15H17N3O4/c19-14(5-8-18-9-6-16-11-18)17-7-10-22-13-3-1-12(2-4-13)15(20)21/h1-4,6,9,11H,5,7-8,10H2,(H,17,19)(H,20,21). The smallest absolute Gasteiger partial charge is 0.335 e. The number of aryl methyl sites for hydroxylation is 1. The van der Waals surface area contributed by atoms with Crippen LogP contribution in [0, 0.1) is 0 Å². The zero-order valence-corrected chi connectivity index (χ0v) is 11.9. The average Bonchev–Trinajstić information content (AvgIpc) is 3.03. The van der Waals surface area contributed by atoms with E-state index in [-0.39, 0.29) is 11.5 Å². The summed E-state index contributed by atoms with van der Waals surface area (Å²) in [4.78, 5) is 26.2. The molecule has 116 valence electrons. The first-order valence-electron chi connectivity index (χ1n) is 6.84. The number of hydrogen-bond donors (Lipinski definition) is 2. The summed E-state index contributed by atoms with van der Waals surface area (Å²) in [5.74, 6) is -0.465. The number of carbonyl (C=O) groups excluding carboxylic acids is 1. The Kier molecular flexibility index (Phi) is 5.53. The van der Waals surface area contributed by atoms with Crippen molar-refractivity contribution in [3.8, 4) is 5.75 Å². The molecule has 0 aliphatic rings. The molecule has 1 heterocycles. The molecule has 22 heavy (non-hydrogen) atoms. The summed E-state index contributed by atoms with van der Waals surface area (Å²) >= 11 is 0. The normalized spacial score (nSPS) is 10.2. The second-order valence-electron chi connectivity index (χ2n) is 4.58. The van der Waals surface area contributed by atoms with Gasteiger partial charge in [0.2, 0.25) is 5.91 Å². The summed E-state index contributed by atoms with van der Waals surface area (Å²) in [5.41, 5.74) is 0.208. The highest BCUT2D eigenvalue weighted by molar-refractivity contribution is 5.87. The van der Waals surface area contributed by atoms with Crippen LogP contribution in [0.1, 0.15) is 16.8 Å². The number of nitrogens with one attached hydrogen (secondary N) is 1. The van der Waals surface area contributed by atoms with Gasteiger partial charge in [0.25, 0.3) is 0 Å². The molecule has 0 spiro atoms. The van der Waals surface area contributed by atoms with Gasteiger partial charge in [0, 0.05) is 25.4 Å². The first-order chi connectivity index (χ1) is 10.6. The number of carboxylic acids is 1. The van der Waals surface area contributed by atoms with Crippen LogP contribution in [0.25, 0.3) is 0 Å². The lowest BCUT2D eigenvalue weighted by Crippen LogP contribution is -2.28. The molecule has 2 rings (SSSR count). The van der Waals surface area contributed by atoms with Crippen LogP contribution in [-0.2, 0) is 11.3 Å². The third-order valence-corrected chi connectivity index (χ3v) is 2.95. The minimum atomic E-state index is -0.975. The van der Waals surface area contributed by atoms with E-state index in [9.17, 15) is 9.59 Å². The molecule has 7 heteroatoms. The van der Waals surface area contributed by atoms with Gasteiger partial charge < -0.3 is 19.7 Å². The lowest BCUT2D eigenvalue weighted by Gasteiger charge is -2.08. The van der Waals surface area contributed by atoms with Gasteiger partial charge in [-0.25, -0.2) is 9.78 Å². The third kappa shape index (κ3) is 4.93. The molecule has 1 aromatic carbocycles. The number of carboxylic acid groups (broad SMARTS) is 1. The van der Waals surface area contributed by atoms with Crippen molar-refractivity contribution in [2.45, 2.75) is 13.0 Å². The van der Waals surface area contributed by atoms with Crippen molar-refractivity contribution < 1.29 is 19.4 Å². The third-order valence-electron chi connectivity index (χ3n) is 2.95. The first kappa shape index (κ1) is 15.6. The van der Waals surface area contributed by atoms with E-state index >= 15 is 0 Å². The summed E-state index contributed by atoms with van der Waals surface area (Å²) in [6, 6.07) is 6.12. The second-order valence-corrected chi connectivity index (χ2v) is 4.58. The topological polar surface area (TPSA) is 93.5 Å². The highest BCUT2D eigenvalue weighted by atomic mass is 16.5. The summed E-state index contributed by atoms with van der Waals surface area (Å²) in [6.07, 6.45) is 5.51. The SMILES string of the molecule is O=C(CCn1ccnc1)NCCOc1ccc(C(=O)O)cc1.